The van der Waals surface area contributed by atoms with Gasteiger partial charge < -0.3 is 9.88 Å². The van der Waals surface area contributed by atoms with E-state index in [0.717, 1.165) is 18.8 Å². The summed E-state index contributed by atoms with van der Waals surface area (Å²) in [5, 5.41) is 12.0. The molecule has 0 fully saturated rings. The minimum absolute atomic E-state index is 0.448. The van der Waals surface area contributed by atoms with Crippen LogP contribution in [0.2, 0.25) is 0 Å². The van der Waals surface area contributed by atoms with Crippen LogP contribution in [0.5, 0.6) is 0 Å². The second kappa shape index (κ2) is 4.25. The van der Waals surface area contributed by atoms with Crippen molar-refractivity contribution in [3.8, 4) is 6.07 Å². The number of imidazole rings is 1. The van der Waals surface area contributed by atoms with Gasteiger partial charge in [-0.05, 0) is 27.3 Å². The van der Waals surface area contributed by atoms with Crippen LogP contribution in [-0.4, -0.2) is 22.1 Å². The van der Waals surface area contributed by atoms with E-state index in [-0.39, 0.29) is 0 Å². The fraction of sp³-hybridized carbons (Fsp3) is 0.600. The third-order valence-corrected chi connectivity index (χ3v) is 2.57. The van der Waals surface area contributed by atoms with E-state index in [9.17, 15) is 0 Å². The van der Waals surface area contributed by atoms with Crippen molar-refractivity contribution in [1.29, 1.82) is 5.26 Å². The zero-order valence-electron chi connectivity index (χ0n) is 8.91. The first-order valence-corrected chi connectivity index (χ1v) is 4.69. The summed E-state index contributed by atoms with van der Waals surface area (Å²) in [7, 11) is 1.81. The van der Waals surface area contributed by atoms with Gasteiger partial charge in [-0.3, -0.25) is 0 Å². The molecular formula is C10H16N4. The first-order chi connectivity index (χ1) is 6.61. The van der Waals surface area contributed by atoms with Gasteiger partial charge in [-0.25, -0.2) is 4.98 Å². The van der Waals surface area contributed by atoms with Crippen molar-refractivity contribution in [1.82, 2.24) is 14.9 Å². The standard InChI is InChI=1S/C10H16N4/c1-9-13-5-7-14(9)6-4-10(2,8-11)12-3/h5,7,12H,4,6H2,1-3H3. The number of nitrogens with one attached hydrogen (secondary N) is 1. The lowest BCUT2D eigenvalue weighted by atomic mass is 10.0. The Morgan fingerprint density at radius 1 is 1.71 bits per heavy atom. The number of rotatable bonds is 4. The molecule has 1 rings (SSSR count). The summed E-state index contributed by atoms with van der Waals surface area (Å²) in [6.45, 7) is 4.68. The first kappa shape index (κ1) is 10.7. The Morgan fingerprint density at radius 2 is 2.43 bits per heavy atom. The number of nitrogens with zero attached hydrogens (tertiary/aromatic N) is 3. The summed E-state index contributed by atoms with van der Waals surface area (Å²) in [6.07, 6.45) is 4.48. The smallest absolute Gasteiger partial charge is 0.105 e. The molecule has 1 aromatic heterocycles. The summed E-state index contributed by atoms with van der Waals surface area (Å²) in [5.74, 6) is 0.987. The third-order valence-electron chi connectivity index (χ3n) is 2.57. The lowest BCUT2D eigenvalue weighted by Gasteiger charge is -2.20. The van der Waals surface area contributed by atoms with Crippen LogP contribution in [0, 0.1) is 18.3 Å². The zero-order chi connectivity index (χ0) is 10.6. The molecule has 0 radical (unpaired) electrons. The van der Waals surface area contributed by atoms with E-state index < -0.39 is 5.54 Å². The predicted molar refractivity (Wildman–Crippen MR) is 54.7 cm³/mol. The van der Waals surface area contributed by atoms with E-state index in [4.69, 9.17) is 5.26 Å². The lowest BCUT2D eigenvalue weighted by molar-refractivity contribution is 0.419. The number of aromatic nitrogens is 2. The summed E-state index contributed by atoms with van der Waals surface area (Å²) < 4.78 is 2.05. The van der Waals surface area contributed by atoms with Gasteiger partial charge in [0.15, 0.2) is 0 Å². The maximum absolute atomic E-state index is 8.95. The first-order valence-electron chi connectivity index (χ1n) is 4.69. The monoisotopic (exact) mass is 192 g/mol. The average molecular weight is 192 g/mol. The predicted octanol–water partition coefficient (Wildman–Crippen LogP) is 1.08. The van der Waals surface area contributed by atoms with Gasteiger partial charge in [-0.2, -0.15) is 5.26 Å². The second-order valence-corrected chi connectivity index (χ2v) is 3.61. The van der Waals surface area contributed by atoms with Crippen molar-refractivity contribution >= 4 is 0 Å². The molecule has 1 atom stereocenters. The van der Waals surface area contributed by atoms with E-state index in [0.29, 0.717) is 0 Å². The number of hydrogen-bond acceptors (Lipinski definition) is 3. The SMILES string of the molecule is CNC(C)(C#N)CCn1ccnc1C. The van der Waals surface area contributed by atoms with Crippen LogP contribution in [0.3, 0.4) is 0 Å². The fourth-order valence-corrected chi connectivity index (χ4v) is 1.22. The Balaban J connectivity index is 2.57. The molecule has 1 N–H and O–H groups in total. The number of hydrogen-bond donors (Lipinski definition) is 1. The normalized spacial score (nSPS) is 14.7. The molecule has 0 saturated carbocycles. The quantitative estimate of drug-likeness (QED) is 0.776. The van der Waals surface area contributed by atoms with Gasteiger partial charge in [0, 0.05) is 18.9 Å². The summed E-state index contributed by atoms with van der Waals surface area (Å²) in [6, 6.07) is 2.27. The van der Waals surface area contributed by atoms with Gasteiger partial charge in [0.05, 0.1) is 6.07 Å². The van der Waals surface area contributed by atoms with Crippen molar-refractivity contribution in [2.24, 2.45) is 0 Å². The lowest BCUT2D eigenvalue weighted by Crippen LogP contribution is -2.39. The molecule has 0 aliphatic rings. The van der Waals surface area contributed by atoms with E-state index in [1.807, 2.05) is 31.7 Å². The third kappa shape index (κ3) is 2.33. The Morgan fingerprint density at radius 3 is 2.86 bits per heavy atom. The van der Waals surface area contributed by atoms with Crippen LogP contribution in [0.15, 0.2) is 12.4 Å². The van der Waals surface area contributed by atoms with Gasteiger partial charge in [-0.1, -0.05) is 0 Å². The Bertz CT molecular complexity index is 336. The summed E-state index contributed by atoms with van der Waals surface area (Å²) in [4.78, 5) is 4.13. The molecule has 0 saturated heterocycles. The molecule has 0 amide bonds. The van der Waals surface area contributed by atoms with Crippen LogP contribution >= 0.6 is 0 Å². The van der Waals surface area contributed by atoms with Crippen LogP contribution in [0.1, 0.15) is 19.2 Å². The van der Waals surface area contributed by atoms with Crippen molar-refractivity contribution in [2.75, 3.05) is 7.05 Å². The summed E-state index contributed by atoms with van der Waals surface area (Å²) in [5.41, 5.74) is -0.448. The van der Waals surface area contributed by atoms with Gasteiger partial charge in [0.25, 0.3) is 0 Å². The molecular weight excluding hydrogens is 176 g/mol. The molecule has 4 heteroatoms. The zero-order valence-corrected chi connectivity index (χ0v) is 8.91. The minimum atomic E-state index is -0.448. The Kier molecular flexibility index (Phi) is 3.26. The second-order valence-electron chi connectivity index (χ2n) is 3.61. The van der Waals surface area contributed by atoms with Crippen molar-refractivity contribution in [3.63, 3.8) is 0 Å². The van der Waals surface area contributed by atoms with Gasteiger partial charge >= 0.3 is 0 Å². The van der Waals surface area contributed by atoms with Crippen molar-refractivity contribution in [2.45, 2.75) is 32.4 Å². The molecule has 0 bridgehead atoms. The van der Waals surface area contributed by atoms with Gasteiger partial charge in [0.2, 0.25) is 0 Å². The van der Waals surface area contributed by atoms with E-state index >= 15 is 0 Å². The highest BCUT2D eigenvalue weighted by atomic mass is 15.1. The Hall–Kier alpha value is -1.34. The number of aryl methyl sites for hydroxylation is 2. The topological polar surface area (TPSA) is 53.6 Å². The molecule has 1 aromatic rings. The van der Waals surface area contributed by atoms with Crippen LogP contribution in [-0.2, 0) is 6.54 Å². The average Bonchev–Trinajstić information content (AvgIpc) is 2.61. The van der Waals surface area contributed by atoms with Crippen LogP contribution in [0.4, 0.5) is 0 Å². The molecule has 76 valence electrons. The highest BCUT2D eigenvalue weighted by Crippen LogP contribution is 2.09. The molecule has 1 heterocycles. The minimum Gasteiger partial charge on any atom is -0.335 e. The van der Waals surface area contributed by atoms with Gasteiger partial charge in [-0.15, -0.1) is 0 Å². The molecule has 4 nitrogen and oxygen atoms in total. The fourth-order valence-electron chi connectivity index (χ4n) is 1.22. The highest BCUT2D eigenvalue weighted by molar-refractivity contribution is 5.03. The molecule has 0 aromatic carbocycles. The van der Waals surface area contributed by atoms with Crippen LogP contribution in [0.25, 0.3) is 0 Å². The largest absolute Gasteiger partial charge is 0.335 e. The van der Waals surface area contributed by atoms with Gasteiger partial charge in [0.1, 0.15) is 11.4 Å². The van der Waals surface area contributed by atoms with Crippen LogP contribution < -0.4 is 5.32 Å². The highest BCUT2D eigenvalue weighted by Gasteiger charge is 2.20. The molecule has 0 spiro atoms. The summed E-state index contributed by atoms with van der Waals surface area (Å²) >= 11 is 0. The van der Waals surface area contributed by atoms with E-state index in [1.165, 1.54) is 0 Å². The van der Waals surface area contributed by atoms with E-state index in [1.54, 1.807) is 6.20 Å². The maximum Gasteiger partial charge on any atom is 0.105 e. The number of nitriles is 1. The Labute approximate surface area is 84.6 Å². The molecule has 0 aliphatic carbocycles. The maximum atomic E-state index is 8.95. The molecule has 1 unspecified atom stereocenters. The van der Waals surface area contributed by atoms with E-state index in [2.05, 4.69) is 16.4 Å². The molecule has 0 aliphatic heterocycles. The molecule has 14 heavy (non-hydrogen) atoms. The van der Waals surface area contributed by atoms with Crippen molar-refractivity contribution < 1.29 is 0 Å². The van der Waals surface area contributed by atoms with Crippen molar-refractivity contribution in [3.05, 3.63) is 18.2 Å².